The number of carbonyl (C=O) groups excluding carboxylic acids is 1. The first-order valence-electron chi connectivity index (χ1n) is 6.75. The molecule has 0 aliphatic heterocycles. The Hall–Kier alpha value is -2.62. The molecule has 1 heterocycles. The summed E-state index contributed by atoms with van der Waals surface area (Å²) >= 11 is 0. The number of benzene rings is 1. The molecule has 0 spiro atoms. The molecule has 0 unspecified atom stereocenters. The lowest BCUT2D eigenvalue weighted by Gasteiger charge is -2.05. The van der Waals surface area contributed by atoms with Crippen molar-refractivity contribution in [1.29, 1.82) is 0 Å². The van der Waals surface area contributed by atoms with Gasteiger partial charge in [-0.3, -0.25) is 4.98 Å². The Balaban J connectivity index is 1.88. The van der Waals surface area contributed by atoms with E-state index < -0.39 is 0 Å². The molecule has 0 saturated heterocycles. The van der Waals surface area contributed by atoms with Gasteiger partial charge in [-0.15, -0.1) is 0 Å². The van der Waals surface area contributed by atoms with Crippen molar-refractivity contribution in [3.63, 3.8) is 0 Å². The van der Waals surface area contributed by atoms with Crippen molar-refractivity contribution in [1.82, 2.24) is 4.98 Å². The quantitative estimate of drug-likeness (QED) is 0.603. The van der Waals surface area contributed by atoms with Crippen molar-refractivity contribution in [2.24, 2.45) is 0 Å². The summed E-state index contributed by atoms with van der Waals surface area (Å²) in [5.41, 5.74) is 1.79. The molecule has 2 aromatic rings. The van der Waals surface area contributed by atoms with Crippen molar-refractivity contribution in [3.05, 3.63) is 66.0 Å². The molecular formula is C17H17NO3. The van der Waals surface area contributed by atoms with Crippen molar-refractivity contribution in [2.75, 3.05) is 6.61 Å². The van der Waals surface area contributed by atoms with Crippen molar-refractivity contribution in [3.8, 4) is 5.75 Å². The average Bonchev–Trinajstić information content (AvgIpc) is 2.53. The number of hydrogen-bond acceptors (Lipinski definition) is 4. The largest absolute Gasteiger partial charge is 0.487 e. The number of ether oxygens (including phenoxy) is 2. The standard InChI is InChI=1S/C17H17NO3/c1-2-20-17(19)11-8-14-6-9-16(10-7-14)21-13-15-5-3-4-12-18-15/h3-12H,2,13H2,1H3/b11-8+. The first-order valence-corrected chi connectivity index (χ1v) is 6.75. The van der Waals surface area contributed by atoms with Crippen LogP contribution < -0.4 is 4.74 Å². The van der Waals surface area contributed by atoms with Gasteiger partial charge in [0, 0.05) is 12.3 Å². The third-order valence-corrected chi connectivity index (χ3v) is 2.69. The number of nitrogens with zero attached hydrogens (tertiary/aromatic N) is 1. The molecular weight excluding hydrogens is 266 g/mol. The van der Waals surface area contributed by atoms with Crippen LogP contribution in [0.5, 0.6) is 5.75 Å². The minimum atomic E-state index is -0.340. The number of carbonyl (C=O) groups is 1. The van der Waals surface area contributed by atoms with Gasteiger partial charge in [0.15, 0.2) is 0 Å². The highest BCUT2D eigenvalue weighted by Gasteiger charge is 1.97. The van der Waals surface area contributed by atoms with Crippen molar-refractivity contribution < 1.29 is 14.3 Å². The maximum absolute atomic E-state index is 11.2. The van der Waals surface area contributed by atoms with Gasteiger partial charge in [0.2, 0.25) is 0 Å². The molecule has 4 nitrogen and oxygen atoms in total. The molecule has 0 amide bonds. The summed E-state index contributed by atoms with van der Waals surface area (Å²) in [6.07, 6.45) is 4.86. The molecule has 21 heavy (non-hydrogen) atoms. The Bertz CT molecular complexity index is 591. The van der Waals surface area contributed by atoms with E-state index in [1.54, 1.807) is 19.2 Å². The van der Waals surface area contributed by atoms with E-state index in [1.807, 2.05) is 42.5 Å². The minimum absolute atomic E-state index is 0.340. The molecule has 0 atom stereocenters. The first-order chi connectivity index (χ1) is 10.3. The van der Waals surface area contributed by atoms with Crippen LogP contribution in [0.3, 0.4) is 0 Å². The lowest BCUT2D eigenvalue weighted by Crippen LogP contribution is -1.98. The third kappa shape index (κ3) is 5.10. The van der Waals surface area contributed by atoms with Gasteiger partial charge in [-0.25, -0.2) is 4.79 Å². The van der Waals surface area contributed by atoms with E-state index in [9.17, 15) is 4.79 Å². The van der Waals surface area contributed by atoms with Crippen LogP contribution in [0.2, 0.25) is 0 Å². The molecule has 0 fully saturated rings. The molecule has 0 saturated carbocycles. The molecule has 1 aromatic carbocycles. The highest BCUT2D eigenvalue weighted by Crippen LogP contribution is 2.14. The Morgan fingerprint density at radius 2 is 2.00 bits per heavy atom. The Kier molecular flexibility index (Phi) is 5.52. The lowest BCUT2D eigenvalue weighted by atomic mass is 10.2. The predicted molar refractivity (Wildman–Crippen MR) is 80.7 cm³/mol. The maximum atomic E-state index is 11.2. The Morgan fingerprint density at radius 3 is 2.67 bits per heavy atom. The molecule has 0 aliphatic rings. The lowest BCUT2D eigenvalue weighted by molar-refractivity contribution is -0.137. The molecule has 0 bridgehead atoms. The fraction of sp³-hybridized carbons (Fsp3) is 0.176. The molecule has 2 rings (SSSR count). The summed E-state index contributed by atoms with van der Waals surface area (Å²) in [7, 11) is 0. The van der Waals surface area contributed by atoms with Crippen LogP contribution in [-0.2, 0) is 16.1 Å². The van der Waals surface area contributed by atoms with Gasteiger partial charge in [-0.2, -0.15) is 0 Å². The molecule has 108 valence electrons. The monoisotopic (exact) mass is 283 g/mol. The number of pyridine rings is 1. The van der Waals surface area contributed by atoms with Crippen LogP contribution in [0.4, 0.5) is 0 Å². The zero-order valence-electron chi connectivity index (χ0n) is 11.9. The van der Waals surface area contributed by atoms with Gasteiger partial charge in [0.05, 0.1) is 12.3 Å². The molecule has 0 N–H and O–H groups in total. The fourth-order valence-corrected chi connectivity index (χ4v) is 1.67. The van der Waals surface area contributed by atoms with Crippen LogP contribution in [0.1, 0.15) is 18.2 Å². The van der Waals surface area contributed by atoms with Crippen LogP contribution in [0, 0.1) is 0 Å². The summed E-state index contributed by atoms with van der Waals surface area (Å²) < 4.78 is 10.5. The minimum Gasteiger partial charge on any atom is -0.487 e. The normalized spacial score (nSPS) is 10.5. The maximum Gasteiger partial charge on any atom is 0.330 e. The molecule has 4 heteroatoms. The Morgan fingerprint density at radius 1 is 1.19 bits per heavy atom. The van der Waals surface area contributed by atoms with E-state index in [4.69, 9.17) is 9.47 Å². The third-order valence-electron chi connectivity index (χ3n) is 2.69. The summed E-state index contributed by atoms with van der Waals surface area (Å²) in [6, 6.07) is 13.2. The van der Waals surface area contributed by atoms with Crippen LogP contribution in [-0.4, -0.2) is 17.6 Å². The van der Waals surface area contributed by atoms with Crippen molar-refractivity contribution >= 4 is 12.0 Å². The van der Waals surface area contributed by atoms with Crippen LogP contribution in [0.25, 0.3) is 6.08 Å². The van der Waals surface area contributed by atoms with Crippen LogP contribution >= 0.6 is 0 Å². The van der Waals surface area contributed by atoms with E-state index in [-0.39, 0.29) is 5.97 Å². The predicted octanol–water partition coefficient (Wildman–Crippen LogP) is 3.24. The number of rotatable bonds is 6. The van der Waals surface area contributed by atoms with E-state index >= 15 is 0 Å². The smallest absolute Gasteiger partial charge is 0.330 e. The topological polar surface area (TPSA) is 48.4 Å². The molecule has 1 aromatic heterocycles. The van der Waals surface area contributed by atoms with Gasteiger partial charge in [0.25, 0.3) is 0 Å². The fourth-order valence-electron chi connectivity index (χ4n) is 1.67. The highest BCUT2D eigenvalue weighted by atomic mass is 16.5. The Labute approximate surface area is 124 Å². The number of aromatic nitrogens is 1. The number of esters is 1. The van der Waals surface area contributed by atoms with Gasteiger partial charge < -0.3 is 9.47 Å². The van der Waals surface area contributed by atoms with E-state index in [1.165, 1.54) is 6.08 Å². The SMILES string of the molecule is CCOC(=O)/C=C/c1ccc(OCc2ccccn2)cc1. The van der Waals surface area contributed by atoms with Crippen LogP contribution in [0.15, 0.2) is 54.7 Å². The second-order valence-electron chi connectivity index (χ2n) is 4.26. The van der Waals surface area contributed by atoms with Crippen molar-refractivity contribution in [2.45, 2.75) is 13.5 Å². The van der Waals surface area contributed by atoms with E-state index in [0.29, 0.717) is 13.2 Å². The summed E-state index contributed by atoms with van der Waals surface area (Å²) in [5.74, 6) is 0.418. The number of hydrogen-bond donors (Lipinski definition) is 0. The summed E-state index contributed by atoms with van der Waals surface area (Å²) in [5, 5.41) is 0. The van der Waals surface area contributed by atoms with Gasteiger partial charge in [-0.05, 0) is 42.8 Å². The first kappa shape index (κ1) is 14.8. The summed E-state index contributed by atoms with van der Waals surface area (Å²) in [6.45, 7) is 2.59. The van der Waals surface area contributed by atoms with Gasteiger partial charge >= 0.3 is 5.97 Å². The van der Waals surface area contributed by atoms with Gasteiger partial charge in [0.1, 0.15) is 12.4 Å². The zero-order valence-corrected chi connectivity index (χ0v) is 11.9. The van der Waals surface area contributed by atoms with Gasteiger partial charge in [-0.1, -0.05) is 18.2 Å². The average molecular weight is 283 g/mol. The molecule has 0 aliphatic carbocycles. The second-order valence-corrected chi connectivity index (χ2v) is 4.26. The van der Waals surface area contributed by atoms with E-state index in [0.717, 1.165) is 17.0 Å². The van der Waals surface area contributed by atoms with E-state index in [2.05, 4.69) is 4.98 Å². The molecule has 0 radical (unpaired) electrons. The zero-order chi connectivity index (χ0) is 14.9. The summed E-state index contributed by atoms with van der Waals surface area (Å²) in [4.78, 5) is 15.4. The second kappa shape index (κ2) is 7.85. The highest BCUT2D eigenvalue weighted by molar-refractivity contribution is 5.87.